The molecule has 0 fully saturated rings. The first-order chi connectivity index (χ1) is 8.99. The summed E-state index contributed by atoms with van der Waals surface area (Å²) in [6.45, 7) is 0.225. The molecule has 2 nitrogen and oxygen atoms in total. The molecule has 0 saturated carbocycles. The Bertz CT molecular complexity index is 622. The number of hydrogen-bond donors (Lipinski definition) is 1. The fourth-order valence-corrected chi connectivity index (χ4v) is 2.34. The maximum absolute atomic E-state index is 13.4. The lowest BCUT2D eigenvalue weighted by Gasteiger charge is -2.10. The maximum Gasteiger partial charge on any atom is 0.147 e. The first-order valence-corrected chi connectivity index (χ1v) is 6.86. The lowest BCUT2D eigenvalue weighted by molar-refractivity contribution is 0.476. The van der Waals surface area contributed by atoms with Gasteiger partial charge in [-0.1, -0.05) is 23.2 Å². The van der Waals surface area contributed by atoms with Crippen LogP contribution < -0.4 is 10.5 Å². The van der Waals surface area contributed by atoms with Gasteiger partial charge in [-0.2, -0.15) is 0 Å². The van der Waals surface area contributed by atoms with Crippen molar-refractivity contribution in [2.24, 2.45) is 5.73 Å². The number of ether oxygens (including phenoxy) is 1. The van der Waals surface area contributed by atoms with Crippen molar-refractivity contribution in [1.82, 2.24) is 0 Å². The van der Waals surface area contributed by atoms with Crippen LogP contribution in [-0.2, 0) is 6.54 Å². The van der Waals surface area contributed by atoms with Crippen molar-refractivity contribution < 1.29 is 9.13 Å². The Balaban J connectivity index is 2.36. The van der Waals surface area contributed by atoms with Crippen LogP contribution in [0.4, 0.5) is 4.39 Å². The number of nitrogens with two attached hydrogens (primary N) is 1. The highest BCUT2D eigenvalue weighted by Gasteiger charge is 2.09. The van der Waals surface area contributed by atoms with Crippen LogP contribution in [0.3, 0.4) is 0 Å². The van der Waals surface area contributed by atoms with Crippen LogP contribution >= 0.6 is 39.1 Å². The van der Waals surface area contributed by atoms with Gasteiger partial charge in [-0.15, -0.1) is 0 Å². The minimum atomic E-state index is -0.419. The second-order valence-corrected chi connectivity index (χ2v) is 5.47. The van der Waals surface area contributed by atoms with E-state index in [0.29, 0.717) is 31.6 Å². The van der Waals surface area contributed by atoms with E-state index in [2.05, 4.69) is 15.9 Å². The van der Waals surface area contributed by atoms with E-state index < -0.39 is 5.82 Å². The van der Waals surface area contributed by atoms with Gasteiger partial charge in [-0.25, -0.2) is 4.39 Å². The van der Waals surface area contributed by atoms with Gasteiger partial charge in [0, 0.05) is 23.2 Å². The van der Waals surface area contributed by atoms with E-state index in [0.717, 1.165) is 0 Å². The molecule has 2 rings (SSSR count). The molecular weight excluding hydrogens is 356 g/mol. The van der Waals surface area contributed by atoms with Crippen molar-refractivity contribution in [3.8, 4) is 11.5 Å². The van der Waals surface area contributed by atoms with Gasteiger partial charge >= 0.3 is 0 Å². The topological polar surface area (TPSA) is 35.2 Å². The summed E-state index contributed by atoms with van der Waals surface area (Å²) in [7, 11) is 0. The van der Waals surface area contributed by atoms with E-state index in [9.17, 15) is 4.39 Å². The fraction of sp³-hybridized carbons (Fsp3) is 0.0769. The molecular formula is C13H9BrCl2FNO. The van der Waals surface area contributed by atoms with Crippen molar-refractivity contribution in [3.05, 3.63) is 56.2 Å². The number of hydrogen-bond acceptors (Lipinski definition) is 2. The Hall–Kier alpha value is -0.810. The summed E-state index contributed by atoms with van der Waals surface area (Å²) >= 11 is 15.2. The standard InChI is InChI=1S/C13H9BrCl2FNO/c14-10-4-12(16)13(5-11(10)15)19-9-2-7(6-18)1-8(17)3-9/h1-5H,6,18H2. The maximum atomic E-state index is 13.4. The Morgan fingerprint density at radius 1 is 1.11 bits per heavy atom. The average Bonchev–Trinajstić information content (AvgIpc) is 2.35. The molecule has 0 saturated heterocycles. The molecule has 0 aromatic heterocycles. The van der Waals surface area contributed by atoms with E-state index >= 15 is 0 Å². The smallest absolute Gasteiger partial charge is 0.147 e. The van der Waals surface area contributed by atoms with Crippen molar-refractivity contribution in [3.63, 3.8) is 0 Å². The van der Waals surface area contributed by atoms with Gasteiger partial charge in [0.05, 0.1) is 10.0 Å². The summed E-state index contributed by atoms with van der Waals surface area (Å²) in [6.07, 6.45) is 0. The lowest BCUT2D eigenvalue weighted by atomic mass is 10.2. The van der Waals surface area contributed by atoms with E-state index in [1.807, 2.05) is 0 Å². The van der Waals surface area contributed by atoms with Crippen LogP contribution in [-0.4, -0.2) is 0 Å². The van der Waals surface area contributed by atoms with Gasteiger partial charge < -0.3 is 10.5 Å². The van der Waals surface area contributed by atoms with Crippen LogP contribution in [0.2, 0.25) is 10.0 Å². The summed E-state index contributed by atoms with van der Waals surface area (Å²) < 4.78 is 19.6. The van der Waals surface area contributed by atoms with Gasteiger partial charge in [-0.3, -0.25) is 0 Å². The van der Waals surface area contributed by atoms with Crippen LogP contribution in [0.25, 0.3) is 0 Å². The molecule has 0 spiro atoms. The van der Waals surface area contributed by atoms with E-state index in [1.54, 1.807) is 18.2 Å². The van der Waals surface area contributed by atoms with Gasteiger partial charge in [0.15, 0.2) is 0 Å². The minimum Gasteiger partial charge on any atom is -0.456 e. The zero-order chi connectivity index (χ0) is 14.0. The number of halogens is 4. The van der Waals surface area contributed by atoms with Gasteiger partial charge in [0.2, 0.25) is 0 Å². The molecule has 100 valence electrons. The molecule has 2 aromatic carbocycles. The van der Waals surface area contributed by atoms with Crippen LogP contribution in [0.1, 0.15) is 5.56 Å². The Morgan fingerprint density at radius 2 is 1.84 bits per heavy atom. The van der Waals surface area contributed by atoms with Gasteiger partial charge in [0.1, 0.15) is 17.3 Å². The number of benzene rings is 2. The third-order valence-electron chi connectivity index (χ3n) is 2.37. The zero-order valence-electron chi connectivity index (χ0n) is 9.59. The average molecular weight is 365 g/mol. The highest BCUT2D eigenvalue weighted by Crippen LogP contribution is 2.36. The Kier molecular flexibility index (Phi) is 4.68. The summed E-state index contributed by atoms with van der Waals surface area (Å²) in [5.41, 5.74) is 6.11. The predicted octanol–water partition coefficient (Wildman–Crippen LogP) is 5.15. The van der Waals surface area contributed by atoms with Crippen molar-refractivity contribution in [2.75, 3.05) is 0 Å². The van der Waals surface area contributed by atoms with Crippen LogP contribution in [0.15, 0.2) is 34.8 Å². The third kappa shape index (κ3) is 3.60. The summed E-state index contributed by atoms with van der Waals surface area (Å²) in [5.74, 6) is 0.251. The van der Waals surface area contributed by atoms with Gasteiger partial charge in [-0.05, 0) is 39.7 Å². The van der Waals surface area contributed by atoms with Crippen molar-refractivity contribution >= 4 is 39.1 Å². The molecule has 6 heteroatoms. The summed E-state index contributed by atoms with van der Waals surface area (Å²) in [5, 5.41) is 0.824. The lowest BCUT2D eigenvalue weighted by Crippen LogP contribution is -1.97. The molecule has 0 radical (unpaired) electrons. The molecule has 2 aromatic rings. The highest BCUT2D eigenvalue weighted by atomic mass is 79.9. The normalized spacial score (nSPS) is 10.6. The van der Waals surface area contributed by atoms with Gasteiger partial charge in [0.25, 0.3) is 0 Å². The SMILES string of the molecule is NCc1cc(F)cc(Oc2cc(Cl)c(Br)cc2Cl)c1. The van der Waals surface area contributed by atoms with Crippen LogP contribution in [0, 0.1) is 5.82 Å². The molecule has 0 bridgehead atoms. The minimum absolute atomic E-state index is 0.225. The molecule has 0 amide bonds. The quantitative estimate of drug-likeness (QED) is 0.764. The van der Waals surface area contributed by atoms with E-state index in [-0.39, 0.29) is 6.54 Å². The first kappa shape index (κ1) is 14.6. The molecule has 19 heavy (non-hydrogen) atoms. The molecule has 0 aliphatic rings. The van der Waals surface area contributed by atoms with E-state index in [1.165, 1.54) is 12.1 Å². The molecule has 0 heterocycles. The van der Waals surface area contributed by atoms with Crippen LogP contribution in [0.5, 0.6) is 11.5 Å². The molecule has 0 atom stereocenters. The summed E-state index contributed by atoms with van der Waals surface area (Å²) in [6, 6.07) is 7.42. The third-order valence-corrected chi connectivity index (χ3v) is 3.86. The monoisotopic (exact) mass is 363 g/mol. The molecule has 0 unspecified atom stereocenters. The summed E-state index contributed by atoms with van der Waals surface area (Å²) in [4.78, 5) is 0. The van der Waals surface area contributed by atoms with Crippen molar-refractivity contribution in [1.29, 1.82) is 0 Å². The predicted molar refractivity (Wildman–Crippen MR) is 78.5 cm³/mol. The zero-order valence-corrected chi connectivity index (χ0v) is 12.7. The second-order valence-electron chi connectivity index (χ2n) is 3.80. The fourth-order valence-electron chi connectivity index (χ4n) is 1.51. The Morgan fingerprint density at radius 3 is 2.53 bits per heavy atom. The largest absolute Gasteiger partial charge is 0.456 e. The highest BCUT2D eigenvalue weighted by molar-refractivity contribution is 9.10. The molecule has 0 aliphatic carbocycles. The van der Waals surface area contributed by atoms with Crippen molar-refractivity contribution in [2.45, 2.75) is 6.54 Å². The second kappa shape index (κ2) is 6.09. The molecule has 2 N–H and O–H groups in total. The number of rotatable bonds is 3. The first-order valence-electron chi connectivity index (χ1n) is 5.31. The molecule has 0 aliphatic heterocycles. The van der Waals surface area contributed by atoms with E-state index in [4.69, 9.17) is 33.7 Å². The Labute approximate surface area is 128 Å².